The first kappa shape index (κ1) is 30.2. The fraction of sp³-hybridized carbons (Fsp3) is 0.387. The second-order valence-corrected chi connectivity index (χ2v) is 10.0. The molecule has 39 heavy (non-hydrogen) atoms. The van der Waals surface area contributed by atoms with Gasteiger partial charge in [0.25, 0.3) is 0 Å². The summed E-state index contributed by atoms with van der Waals surface area (Å²) in [4.78, 5) is 11.2. The second kappa shape index (κ2) is 15.9. The molecule has 0 atom stereocenters. The summed E-state index contributed by atoms with van der Waals surface area (Å²) in [6, 6.07) is 15.0. The summed E-state index contributed by atoms with van der Waals surface area (Å²) in [5, 5.41) is 19.8. The Bertz CT molecular complexity index is 1200. The summed E-state index contributed by atoms with van der Waals surface area (Å²) < 4.78 is 31.3. The van der Waals surface area contributed by atoms with Crippen molar-refractivity contribution < 1.29 is 33.6 Å². The van der Waals surface area contributed by atoms with Crippen molar-refractivity contribution in [2.24, 2.45) is 0 Å². The number of phenolic OH excluding ortho intramolecular Hbond substituents is 1. The molecule has 0 aliphatic heterocycles. The van der Waals surface area contributed by atoms with Crippen LogP contribution in [0.3, 0.4) is 0 Å². The minimum absolute atomic E-state index is 0.0104. The smallest absolute Gasteiger partial charge is 0.303 e. The maximum atomic E-state index is 13.3. The highest BCUT2D eigenvalue weighted by atomic mass is 32.2. The zero-order valence-corrected chi connectivity index (χ0v) is 23.4. The van der Waals surface area contributed by atoms with Gasteiger partial charge < -0.3 is 24.4 Å². The van der Waals surface area contributed by atoms with Crippen LogP contribution < -0.4 is 14.2 Å². The molecule has 0 saturated heterocycles. The molecular weight excluding hydrogens is 519 g/mol. The molecule has 0 radical (unpaired) electrons. The van der Waals surface area contributed by atoms with Crippen molar-refractivity contribution in [1.82, 2.24) is 0 Å². The van der Waals surface area contributed by atoms with E-state index in [1.54, 1.807) is 30.0 Å². The number of aliphatic carboxylic acids is 1. The van der Waals surface area contributed by atoms with Crippen molar-refractivity contribution in [3.8, 4) is 34.1 Å². The quantitative estimate of drug-likeness (QED) is 0.171. The van der Waals surface area contributed by atoms with E-state index in [9.17, 15) is 19.4 Å². The van der Waals surface area contributed by atoms with Crippen LogP contribution >= 0.6 is 11.8 Å². The van der Waals surface area contributed by atoms with Crippen LogP contribution in [-0.4, -0.2) is 48.0 Å². The largest absolute Gasteiger partial charge is 0.507 e. The summed E-state index contributed by atoms with van der Waals surface area (Å²) >= 11 is 1.80. The third-order valence-electron chi connectivity index (χ3n) is 6.20. The van der Waals surface area contributed by atoms with Gasteiger partial charge in [-0.15, -0.1) is 0 Å². The van der Waals surface area contributed by atoms with E-state index in [1.165, 1.54) is 12.1 Å². The van der Waals surface area contributed by atoms with E-state index in [1.807, 2.05) is 31.2 Å². The summed E-state index contributed by atoms with van der Waals surface area (Å²) in [7, 11) is 0. The summed E-state index contributed by atoms with van der Waals surface area (Å²) in [6.45, 7) is 3.33. The molecule has 0 amide bonds. The maximum absolute atomic E-state index is 13.3. The molecular formula is C31H37FO6S. The molecule has 0 bridgehead atoms. The predicted molar refractivity (Wildman–Crippen MR) is 154 cm³/mol. The normalized spacial score (nSPS) is 10.8. The number of unbranched alkanes of at least 4 members (excludes halogenated alkanes) is 1. The summed E-state index contributed by atoms with van der Waals surface area (Å²) in [5.74, 6) is 1.83. The third kappa shape index (κ3) is 9.39. The van der Waals surface area contributed by atoms with Gasteiger partial charge in [0.1, 0.15) is 28.8 Å². The average Bonchev–Trinajstić information content (AvgIpc) is 2.92. The van der Waals surface area contributed by atoms with E-state index in [4.69, 9.17) is 14.2 Å². The highest BCUT2D eigenvalue weighted by molar-refractivity contribution is 7.98. The molecule has 0 heterocycles. The number of aryl methyl sites for hydroxylation is 1. The van der Waals surface area contributed by atoms with Crippen LogP contribution in [0.5, 0.6) is 23.0 Å². The van der Waals surface area contributed by atoms with Crippen molar-refractivity contribution in [2.75, 3.05) is 31.8 Å². The minimum Gasteiger partial charge on any atom is -0.507 e. The Balaban J connectivity index is 1.59. The molecule has 6 nitrogen and oxygen atoms in total. The van der Waals surface area contributed by atoms with Crippen molar-refractivity contribution in [2.45, 2.75) is 45.4 Å². The van der Waals surface area contributed by atoms with Crippen molar-refractivity contribution in [3.05, 3.63) is 71.5 Å². The molecule has 3 aromatic carbocycles. The van der Waals surface area contributed by atoms with Crippen LogP contribution in [0.15, 0.2) is 54.6 Å². The molecule has 0 spiro atoms. The lowest BCUT2D eigenvalue weighted by molar-refractivity contribution is -0.136. The van der Waals surface area contributed by atoms with Gasteiger partial charge in [-0.25, -0.2) is 4.39 Å². The molecule has 0 aliphatic rings. The standard InChI is InChI=1S/C31H37FO6S/c1-3-22-20-26(23-10-12-24(32)13-11-23)27(33)21-30(22)38-18-7-17-37-29-9-6-8-28(25(29)14-15-31(34)35)36-16-4-5-19-39-2/h6,8-13,20-21,33H,3-5,7,14-19H2,1-2H3,(H,34,35). The van der Waals surface area contributed by atoms with Crippen molar-refractivity contribution in [3.63, 3.8) is 0 Å². The Kier molecular flexibility index (Phi) is 12.3. The van der Waals surface area contributed by atoms with Gasteiger partial charge in [0.2, 0.25) is 0 Å². The molecule has 210 valence electrons. The Morgan fingerprint density at radius 3 is 2.15 bits per heavy atom. The van der Waals surface area contributed by atoms with E-state index < -0.39 is 5.97 Å². The molecule has 3 aromatic rings. The Morgan fingerprint density at radius 1 is 0.897 bits per heavy atom. The zero-order chi connectivity index (χ0) is 28.0. The van der Waals surface area contributed by atoms with Gasteiger partial charge in [-0.05, 0) is 79.2 Å². The van der Waals surface area contributed by atoms with Gasteiger partial charge >= 0.3 is 5.97 Å². The highest BCUT2D eigenvalue weighted by Crippen LogP contribution is 2.36. The van der Waals surface area contributed by atoms with Crippen LogP contribution in [0.1, 0.15) is 43.7 Å². The number of benzene rings is 3. The first-order chi connectivity index (χ1) is 18.9. The molecule has 0 aromatic heterocycles. The SMILES string of the molecule is CCc1cc(-c2ccc(F)cc2)c(O)cc1OCCCOc1cccc(OCCCCSC)c1CCC(=O)O. The van der Waals surface area contributed by atoms with Crippen LogP contribution in [-0.2, 0) is 17.6 Å². The highest BCUT2D eigenvalue weighted by Gasteiger charge is 2.14. The first-order valence-electron chi connectivity index (χ1n) is 13.3. The number of phenols is 1. The lowest BCUT2D eigenvalue weighted by Gasteiger charge is -2.17. The molecule has 2 N–H and O–H groups in total. The van der Waals surface area contributed by atoms with E-state index in [2.05, 4.69) is 6.26 Å². The number of halogens is 1. The first-order valence-corrected chi connectivity index (χ1v) is 14.6. The number of ether oxygens (including phenoxy) is 3. The molecule has 0 fully saturated rings. The van der Waals surface area contributed by atoms with Crippen LogP contribution in [0.4, 0.5) is 4.39 Å². The second-order valence-electron chi connectivity index (χ2n) is 9.06. The lowest BCUT2D eigenvalue weighted by Crippen LogP contribution is -2.09. The van der Waals surface area contributed by atoms with E-state index >= 15 is 0 Å². The van der Waals surface area contributed by atoms with Crippen LogP contribution in [0.25, 0.3) is 11.1 Å². The fourth-order valence-corrected chi connectivity index (χ4v) is 4.63. The maximum Gasteiger partial charge on any atom is 0.303 e. The molecule has 0 aliphatic carbocycles. The van der Waals surface area contributed by atoms with Gasteiger partial charge in [-0.1, -0.05) is 25.1 Å². The number of rotatable bonds is 17. The average molecular weight is 557 g/mol. The molecule has 0 saturated carbocycles. The van der Waals surface area contributed by atoms with Crippen molar-refractivity contribution >= 4 is 17.7 Å². The van der Waals surface area contributed by atoms with E-state index in [0.717, 1.165) is 35.3 Å². The number of aromatic hydroxyl groups is 1. The number of carbonyl (C=O) groups is 1. The monoisotopic (exact) mass is 556 g/mol. The Hall–Kier alpha value is -3.39. The fourth-order valence-electron chi connectivity index (χ4n) is 4.13. The Labute approximate surface area is 234 Å². The van der Waals surface area contributed by atoms with Gasteiger partial charge in [0, 0.05) is 30.0 Å². The number of carboxylic acids is 1. The number of hydrogen-bond donors (Lipinski definition) is 2. The van der Waals surface area contributed by atoms with Gasteiger partial charge in [-0.3, -0.25) is 4.79 Å². The number of thioether (sulfide) groups is 1. The van der Waals surface area contributed by atoms with Crippen LogP contribution in [0, 0.1) is 5.82 Å². The van der Waals surface area contributed by atoms with E-state index in [0.29, 0.717) is 61.9 Å². The van der Waals surface area contributed by atoms with Gasteiger partial charge in [0.05, 0.1) is 19.8 Å². The molecule has 3 rings (SSSR count). The van der Waals surface area contributed by atoms with Crippen molar-refractivity contribution in [1.29, 1.82) is 0 Å². The topological polar surface area (TPSA) is 85.2 Å². The summed E-state index contributed by atoms with van der Waals surface area (Å²) in [6.07, 6.45) is 5.68. The predicted octanol–water partition coefficient (Wildman–Crippen LogP) is 7.15. The third-order valence-corrected chi connectivity index (χ3v) is 6.89. The van der Waals surface area contributed by atoms with Gasteiger partial charge in [0.15, 0.2) is 0 Å². The van der Waals surface area contributed by atoms with Crippen LogP contribution in [0.2, 0.25) is 0 Å². The molecule has 8 heteroatoms. The Morgan fingerprint density at radius 2 is 1.54 bits per heavy atom. The van der Waals surface area contributed by atoms with Gasteiger partial charge in [-0.2, -0.15) is 11.8 Å². The number of hydrogen-bond acceptors (Lipinski definition) is 6. The lowest BCUT2D eigenvalue weighted by atomic mass is 10.00. The minimum atomic E-state index is -0.871. The molecule has 0 unspecified atom stereocenters. The number of carboxylic acid groups (broad SMARTS) is 1. The van der Waals surface area contributed by atoms with E-state index in [-0.39, 0.29) is 18.0 Å². The zero-order valence-electron chi connectivity index (χ0n) is 22.6. The summed E-state index contributed by atoms with van der Waals surface area (Å²) in [5.41, 5.74) is 3.06.